The van der Waals surface area contributed by atoms with Gasteiger partial charge in [-0.1, -0.05) is 0 Å². The van der Waals surface area contributed by atoms with Crippen molar-refractivity contribution in [3.63, 3.8) is 0 Å². The number of alkyl halides is 3. The molecule has 0 unspecified atom stereocenters. The zero-order valence-electron chi connectivity index (χ0n) is 12.8. The van der Waals surface area contributed by atoms with Crippen LogP contribution in [0.4, 0.5) is 18.0 Å². The largest absolute Gasteiger partial charge is 0.481 e. The number of halogens is 3. The molecule has 24 heavy (non-hydrogen) atoms. The number of carbonyl (C=O) groups is 2. The van der Waals surface area contributed by atoms with Gasteiger partial charge in [-0.15, -0.1) is 0 Å². The molecule has 0 atom stereocenters. The predicted molar refractivity (Wildman–Crippen MR) is 78.0 cm³/mol. The molecule has 3 N–H and O–H groups in total. The van der Waals surface area contributed by atoms with Crippen LogP contribution in [0.5, 0.6) is 0 Å². The van der Waals surface area contributed by atoms with Gasteiger partial charge in [0, 0.05) is 18.8 Å². The van der Waals surface area contributed by atoms with E-state index < -0.39 is 23.9 Å². The number of nitrogens with one attached hydrogen (secondary N) is 2. The first-order valence-electron chi connectivity index (χ1n) is 7.55. The number of aromatic nitrogens is 1. The summed E-state index contributed by atoms with van der Waals surface area (Å²) in [6.07, 6.45) is -1.35. The summed E-state index contributed by atoms with van der Waals surface area (Å²) in [5.74, 6) is -1.19. The minimum absolute atomic E-state index is 0.0537. The fraction of sp³-hybridized carbons (Fsp3) is 0.533. The van der Waals surface area contributed by atoms with Crippen molar-refractivity contribution in [1.82, 2.24) is 15.6 Å². The SMILES string of the molecule is O=C(NCc1ccnc(C(F)(F)F)c1)NC1CCC(C(=O)O)CC1. The van der Waals surface area contributed by atoms with Gasteiger partial charge in [0.15, 0.2) is 0 Å². The number of hydrogen-bond donors (Lipinski definition) is 3. The third kappa shape index (κ3) is 5.10. The molecule has 2 rings (SSSR count). The van der Waals surface area contributed by atoms with Gasteiger partial charge in [0.05, 0.1) is 5.92 Å². The van der Waals surface area contributed by atoms with Gasteiger partial charge in [0.25, 0.3) is 0 Å². The van der Waals surface area contributed by atoms with E-state index in [4.69, 9.17) is 5.11 Å². The van der Waals surface area contributed by atoms with Crippen LogP contribution in [0.15, 0.2) is 18.3 Å². The molecule has 132 valence electrons. The number of rotatable bonds is 4. The molecule has 1 aliphatic carbocycles. The molecule has 1 saturated carbocycles. The molecule has 1 heterocycles. The summed E-state index contributed by atoms with van der Waals surface area (Å²) in [5, 5.41) is 14.1. The Balaban J connectivity index is 1.79. The Morgan fingerprint density at radius 1 is 1.25 bits per heavy atom. The fourth-order valence-corrected chi connectivity index (χ4v) is 2.64. The van der Waals surface area contributed by atoms with Crippen molar-refractivity contribution in [2.75, 3.05) is 0 Å². The van der Waals surface area contributed by atoms with Crippen molar-refractivity contribution < 1.29 is 27.9 Å². The molecular formula is C15H18F3N3O3. The van der Waals surface area contributed by atoms with Gasteiger partial charge in [-0.05, 0) is 43.4 Å². The molecule has 0 bridgehead atoms. The summed E-state index contributed by atoms with van der Waals surface area (Å²) in [4.78, 5) is 25.9. The van der Waals surface area contributed by atoms with Gasteiger partial charge in [-0.3, -0.25) is 9.78 Å². The topological polar surface area (TPSA) is 91.3 Å². The highest BCUT2D eigenvalue weighted by Crippen LogP contribution is 2.27. The Kier molecular flexibility index (Phi) is 5.63. The number of urea groups is 1. The molecular weight excluding hydrogens is 327 g/mol. The monoisotopic (exact) mass is 345 g/mol. The van der Waals surface area contributed by atoms with Gasteiger partial charge in [-0.2, -0.15) is 13.2 Å². The summed E-state index contributed by atoms with van der Waals surface area (Å²) in [6.45, 7) is -0.0537. The van der Waals surface area contributed by atoms with Crippen LogP contribution in [0.2, 0.25) is 0 Å². The smallest absolute Gasteiger partial charge is 0.433 e. The normalized spacial score (nSPS) is 21.1. The summed E-state index contributed by atoms with van der Waals surface area (Å²) in [6, 6.07) is 1.68. The Hall–Kier alpha value is -2.32. The van der Waals surface area contributed by atoms with Crippen molar-refractivity contribution in [2.24, 2.45) is 5.92 Å². The van der Waals surface area contributed by atoms with E-state index in [9.17, 15) is 22.8 Å². The quantitative estimate of drug-likeness (QED) is 0.782. The van der Waals surface area contributed by atoms with E-state index in [0.717, 1.165) is 12.3 Å². The fourth-order valence-electron chi connectivity index (χ4n) is 2.64. The predicted octanol–water partition coefficient (Wildman–Crippen LogP) is 2.54. The zero-order valence-corrected chi connectivity index (χ0v) is 12.8. The number of carboxylic acids is 1. The second-order valence-corrected chi connectivity index (χ2v) is 5.76. The first-order chi connectivity index (χ1) is 11.3. The highest BCUT2D eigenvalue weighted by atomic mass is 19.4. The molecule has 6 nitrogen and oxygen atoms in total. The van der Waals surface area contributed by atoms with E-state index in [0.29, 0.717) is 31.2 Å². The number of carboxylic acid groups (broad SMARTS) is 1. The highest BCUT2D eigenvalue weighted by molar-refractivity contribution is 5.74. The number of pyridine rings is 1. The maximum absolute atomic E-state index is 12.6. The number of nitrogens with zero attached hydrogens (tertiary/aromatic N) is 1. The number of hydrogen-bond acceptors (Lipinski definition) is 3. The van der Waals surface area contributed by atoms with Gasteiger partial charge in [0.2, 0.25) is 0 Å². The van der Waals surface area contributed by atoms with Crippen molar-refractivity contribution in [2.45, 2.75) is 44.4 Å². The second-order valence-electron chi connectivity index (χ2n) is 5.76. The van der Waals surface area contributed by atoms with Crippen molar-refractivity contribution in [3.8, 4) is 0 Å². The van der Waals surface area contributed by atoms with Crippen molar-refractivity contribution in [1.29, 1.82) is 0 Å². The van der Waals surface area contributed by atoms with E-state index in [1.54, 1.807) is 0 Å². The first-order valence-corrected chi connectivity index (χ1v) is 7.55. The second kappa shape index (κ2) is 7.50. The van der Waals surface area contributed by atoms with E-state index in [1.807, 2.05) is 0 Å². The summed E-state index contributed by atoms with van der Waals surface area (Å²) >= 11 is 0. The van der Waals surface area contributed by atoms with Gasteiger partial charge in [-0.25, -0.2) is 4.79 Å². The van der Waals surface area contributed by atoms with Crippen LogP contribution in [0.25, 0.3) is 0 Å². The minimum Gasteiger partial charge on any atom is -0.481 e. The van der Waals surface area contributed by atoms with Crippen LogP contribution in [0.3, 0.4) is 0 Å². The molecule has 0 spiro atoms. The lowest BCUT2D eigenvalue weighted by Crippen LogP contribution is -2.43. The molecule has 1 fully saturated rings. The van der Waals surface area contributed by atoms with E-state index in [1.165, 1.54) is 6.07 Å². The molecule has 0 radical (unpaired) electrons. The maximum Gasteiger partial charge on any atom is 0.433 e. The Labute approximate surface area is 136 Å². The molecule has 1 aromatic rings. The Morgan fingerprint density at radius 2 is 1.92 bits per heavy atom. The van der Waals surface area contributed by atoms with Crippen LogP contribution in [-0.2, 0) is 17.5 Å². The van der Waals surface area contributed by atoms with E-state index in [2.05, 4.69) is 15.6 Å². The molecule has 9 heteroatoms. The third-order valence-electron chi connectivity index (χ3n) is 3.98. The van der Waals surface area contributed by atoms with Crippen molar-refractivity contribution >= 4 is 12.0 Å². The lowest BCUT2D eigenvalue weighted by Gasteiger charge is -2.26. The molecule has 1 aromatic heterocycles. The van der Waals surface area contributed by atoms with Gasteiger partial charge in [0.1, 0.15) is 5.69 Å². The van der Waals surface area contributed by atoms with Crippen LogP contribution >= 0.6 is 0 Å². The standard InChI is InChI=1S/C15H18F3N3O3/c16-15(17,18)12-7-9(5-6-19-12)8-20-14(24)21-11-3-1-10(2-4-11)13(22)23/h5-7,10-11H,1-4,8H2,(H,22,23)(H2,20,21,24). The van der Waals surface area contributed by atoms with Crippen LogP contribution in [-0.4, -0.2) is 28.1 Å². The molecule has 0 aromatic carbocycles. The van der Waals surface area contributed by atoms with Gasteiger partial charge < -0.3 is 15.7 Å². The average molecular weight is 345 g/mol. The Morgan fingerprint density at radius 3 is 2.50 bits per heavy atom. The molecule has 0 saturated heterocycles. The third-order valence-corrected chi connectivity index (χ3v) is 3.98. The average Bonchev–Trinajstić information content (AvgIpc) is 2.53. The summed E-state index contributed by atoms with van der Waals surface area (Å²) in [7, 11) is 0. The van der Waals surface area contributed by atoms with Crippen molar-refractivity contribution in [3.05, 3.63) is 29.6 Å². The highest BCUT2D eigenvalue weighted by Gasteiger charge is 2.32. The van der Waals surface area contributed by atoms with Crippen LogP contribution < -0.4 is 10.6 Å². The molecule has 0 aliphatic heterocycles. The summed E-state index contributed by atoms with van der Waals surface area (Å²) < 4.78 is 37.7. The lowest BCUT2D eigenvalue weighted by molar-refractivity contribution is -0.143. The van der Waals surface area contributed by atoms with Gasteiger partial charge >= 0.3 is 18.2 Å². The lowest BCUT2D eigenvalue weighted by atomic mass is 9.86. The first kappa shape index (κ1) is 18.0. The van der Waals surface area contributed by atoms with Crippen LogP contribution in [0, 0.1) is 5.92 Å². The van der Waals surface area contributed by atoms with E-state index in [-0.39, 0.29) is 18.5 Å². The van der Waals surface area contributed by atoms with Crippen LogP contribution in [0.1, 0.15) is 36.9 Å². The minimum atomic E-state index is -4.53. The number of amides is 2. The van der Waals surface area contributed by atoms with E-state index >= 15 is 0 Å². The zero-order chi connectivity index (χ0) is 17.7. The Bertz CT molecular complexity index is 599. The number of carbonyl (C=O) groups excluding carboxylic acids is 1. The number of aliphatic carboxylic acids is 1. The summed E-state index contributed by atoms with van der Waals surface area (Å²) in [5.41, 5.74) is -0.712. The molecule has 1 aliphatic rings. The molecule has 2 amide bonds. The maximum atomic E-state index is 12.6.